The van der Waals surface area contributed by atoms with Gasteiger partial charge in [-0.3, -0.25) is 9.59 Å². The Hall–Kier alpha value is -2.42. The summed E-state index contributed by atoms with van der Waals surface area (Å²) in [4.78, 5) is 23.4. The Bertz CT molecular complexity index is 992. The van der Waals surface area contributed by atoms with E-state index in [1.54, 1.807) is 36.4 Å². The van der Waals surface area contributed by atoms with Gasteiger partial charge in [-0.05, 0) is 48.4 Å². The third kappa shape index (κ3) is 5.06. The van der Waals surface area contributed by atoms with Crippen LogP contribution in [-0.2, 0) is 26.0 Å². The second-order valence-corrected chi connectivity index (χ2v) is 8.28. The van der Waals surface area contributed by atoms with Crippen molar-refractivity contribution in [3.05, 3.63) is 53.1 Å². The number of carbonyl (C=O) groups is 2. The van der Waals surface area contributed by atoms with Gasteiger partial charge in [0.2, 0.25) is 21.8 Å². The molecule has 27 heavy (non-hydrogen) atoms. The fourth-order valence-electron chi connectivity index (χ4n) is 2.70. The number of rotatable bonds is 6. The van der Waals surface area contributed by atoms with Crippen molar-refractivity contribution >= 4 is 44.8 Å². The van der Waals surface area contributed by atoms with Crippen LogP contribution in [0.4, 0.5) is 11.4 Å². The molecule has 0 saturated heterocycles. The van der Waals surface area contributed by atoms with Crippen LogP contribution in [0.2, 0.25) is 5.02 Å². The number of hydrogen-bond donors (Lipinski definition) is 3. The van der Waals surface area contributed by atoms with E-state index in [2.05, 4.69) is 15.4 Å². The third-order valence-corrected chi connectivity index (χ3v) is 5.73. The molecule has 0 bridgehead atoms. The van der Waals surface area contributed by atoms with E-state index in [0.717, 1.165) is 5.56 Å². The summed E-state index contributed by atoms with van der Waals surface area (Å²) in [5.74, 6) is -0.407. The Kier molecular flexibility index (Phi) is 5.79. The van der Waals surface area contributed by atoms with E-state index in [0.29, 0.717) is 29.2 Å². The minimum Gasteiger partial charge on any atom is -0.326 e. The lowest BCUT2D eigenvalue weighted by atomic mass is 10.0. The minimum absolute atomic E-state index is 0.0211. The van der Waals surface area contributed by atoms with Crippen LogP contribution in [0, 0.1) is 0 Å². The van der Waals surface area contributed by atoms with Crippen molar-refractivity contribution < 1.29 is 18.0 Å². The molecule has 142 valence electrons. The van der Waals surface area contributed by atoms with Crippen molar-refractivity contribution in [1.29, 1.82) is 0 Å². The average molecular weight is 408 g/mol. The van der Waals surface area contributed by atoms with E-state index in [-0.39, 0.29) is 29.7 Å². The number of nitrogens with one attached hydrogen (secondary N) is 3. The molecule has 0 radical (unpaired) electrons. The number of anilines is 2. The van der Waals surface area contributed by atoms with Gasteiger partial charge >= 0.3 is 0 Å². The van der Waals surface area contributed by atoms with Gasteiger partial charge in [0, 0.05) is 35.8 Å². The molecule has 2 aromatic rings. The van der Waals surface area contributed by atoms with Gasteiger partial charge in [-0.15, -0.1) is 0 Å². The van der Waals surface area contributed by atoms with E-state index < -0.39 is 10.0 Å². The lowest BCUT2D eigenvalue weighted by Crippen LogP contribution is -2.28. The highest BCUT2D eigenvalue weighted by atomic mass is 35.5. The topological polar surface area (TPSA) is 104 Å². The molecule has 2 aromatic carbocycles. The van der Waals surface area contributed by atoms with Gasteiger partial charge in [-0.1, -0.05) is 17.7 Å². The molecule has 0 aliphatic carbocycles. The number of hydrogen-bond acceptors (Lipinski definition) is 4. The molecule has 3 rings (SSSR count). The molecular formula is C18H18ClN3O4S. The molecule has 1 heterocycles. The standard InChI is InChI=1S/C18H18ClN3O4S/c19-13-2-1-3-14(11-13)21-18(24)8-9-20-27(25,26)15-5-6-16-12(10-15)4-7-17(23)22-16/h1-3,5-6,10-11,20H,4,7-9H2,(H,21,24)(H,22,23). The molecule has 3 N–H and O–H groups in total. The van der Waals surface area contributed by atoms with Crippen LogP contribution in [0.1, 0.15) is 18.4 Å². The zero-order valence-electron chi connectivity index (χ0n) is 14.3. The van der Waals surface area contributed by atoms with Crippen molar-refractivity contribution in [2.24, 2.45) is 0 Å². The van der Waals surface area contributed by atoms with Crippen molar-refractivity contribution in [3.8, 4) is 0 Å². The number of benzene rings is 2. The van der Waals surface area contributed by atoms with Crippen LogP contribution in [-0.4, -0.2) is 26.8 Å². The predicted molar refractivity (Wildman–Crippen MR) is 103 cm³/mol. The second-order valence-electron chi connectivity index (χ2n) is 6.07. The minimum atomic E-state index is -3.75. The average Bonchev–Trinajstić information content (AvgIpc) is 2.61. The van der Waals surface area contributed by atoms with Crippen molar-refractivity contribution in [2.45, 2.75) is 24.2 Å². The molecule has 7 nitrogen and oxygen atoms in total. The number of aryl methyl sites for hydroxylation is 1. The van der Waals surface area contributed by atoms with Crippen molar-refractivity contribution in [2.75, 3.05) is 17.2 Å². The number of carbonyl (C=O) groups excluding carboxylic acids is 2. The Labute approximate surface area is 162 Å². The van der Waals surface area contributed by atoms with E-state index in [1.807, 2.05) is 0 Å². The fraction of sp³-hybridized carbons (Fsp3) is 0.222. The zero-order chi connectivity index (χ0) is 19.4. The van der Waals surface area contributed by atoms with Crippen LogP contribution in [0.25, 0.3) is 0 Å². The summed E-state index contributed by atoms with van der Waals surface area (Å²) in [6, 6.07) is 11.2. The fourth-order valence-corrected chi connectivity index (χ4v) is 3.97. The molecule has 1 aliphatic heterocycles. The van der Waals surface area contributed by atoms with Gasteiger partial charge < -0.3 is 10.6 Å². The monoisotopic (exact) mass is 407 g/mol. The largest absolute Gasteiger partial charge is 0.326 e. The van der Waals surface area contributed by atoms with Crippen LogP contribution < -0.4 is 15.4 Å². The highest BCUT2D eigenvalue weighted by Gasteiger charge is 2.20. The molecule has 1 aliphatic rings. The summed E-state index contributed by atoms with van der Waals surface area (Å²) < 4.78 is 27.3. The van der Waals surface area contributed by atoms with Gasteiger partial charge in [0.1, 0.15) is 0 Å². The normalized spacial score (nSPS) is 13.6. The number of fused-ring (bicyclic) bond motifs is 1. The number of amides is 2. The Morgan fingerprint density at radius 1 is 1.15 bits per heavy atom. The highest BCUT2D eigenvalue weighted by Crippen LogP contribution is 2.25. The summed E-state index contributed by atoms with van der Waals surface area (Å²) in [6.45, 7) is -0.0391. The van der Waals surface area contributed by atoms with Gasteiger partial charge in [-0.2, -0.15) is 0 Å². The molecule has 0 saturated carbocycles. The Balaban J connectivity index is 1.57. The number of halogens is 1. The van der Waals surface area contributed by atoms with E-state index >= 15 is 0 Å². The van der Waals surface area contributed by atoms with Crippen LogP contribution in [0.3, 0.4) is 0 Å². The lowest BCUT2D eigenvalue weighted by Gasteiger charge is -2.17. The zero-order valence-corrected chi connectivity index (χ0v) is 15.9. The first-order valence-electron chi connectivity index (χ1n) is 8.31. The van der Waals surface area contributed by atoms with Crippen LogP contribution in [0.5, 0.6) is 0 Å². The summed E-state index contributed by atoms with van der Waals surface area (Å²) in [5.41, 5.74) is 1.95. The van der Waals surface area contributed by atoms with Gasteiger partial charge in [-0.25, -0.2) is 13.1 Å². The van der Waals surface area contributed by atoms with Crippen molar-refractivity contribution in [1.82, 2.24) is 4.72 Å². The van der Waals surface area contributed by atoms with E-state index in [1.165, 1.54) is 6.07 Å². The SMILES string of the molecule is O=C(CCNS(=O)(=O)c1ccc2c(c1)CCC(=O)N2)Nc1cccc(Cl)c1. The first kappa shape index (κ1) is 19.3. The lowest BCUT2D eigenvalue weighted by molar-refractivity contribution is -0.117. The van der Waals surface area contributed by atoms with E-state index in [9.17, 15) is 18.0 Å². The maximum Gasteiger partial charge on any atom is 0.240 e. The van der Waals surface area contributed by atoms with Gasteiger partial charge in [0.05, 0.1) is 4.90 Å². The molecular weight excluding hydrogens is 390 g/mol. The van der Waals surface area contributed by atoms with E-state index in [4.69, 9.17) is 11.6 Å². The highest BCUT2D eigenvalue weighted by molar-refractivity contribution is 7.89. The maximum atomic E-state index is 12.4. The molecule has 0 atom stereocenters. The summed E-state index contributed by atoms with van der Waals surface area (Å²) >= 11 is 5.85. The first-order valence-corrected chi connectivity index (χ1v) is 10.2. The molecule has 0 spiro atoms. The van der Waals surface area contributed by atoms with Crippen LogP contribution >= 0.6 is 11.6 Å². The summed E-state index contributed by atoms with van der Waals surface area (Å²) in [7, 11) is -3.75. The van der Waals surface area contributed by atoms with Crippen molar-refractivity contribution in [3.63, 3.8) is 0 Å². The molecule has 0 aromatic heterocycles. The smallest absolute Gasteiger partial charge is 0.240 e. The first-order chi connectivity index (χ1) is 12.8. The summed E-state index contributed by atoms with van der Waals surface area (Å²) in [6.07, 6.45) is 0.799. The third-order valence-electron chi connectivity index (χ3n) is 4.04. The molecule has 0 fully saturated rings. The van der Waals surface area contributed by atoms with Gasteiger partial charge in [0.25, 0.3) is 0 Å². The quantitative estimate of drug-likeness (QED) is 0.684. The number of sulfonamides is 1. The Morgan fingerprint density at radius 3 is 2.74 bits per heavy atom. The Morgan fingerprint density at radius 2 is 1.96 bits per heavy atom. The van der Waals surface area contributed by atoms with Gasteiger partial charge in [0.15, 0.2) is 0 Å². The molecule has 2 amide bonds. The molecule has 9 heteroatoms. The predicted octanol–water partition coefficient (Wildman–Crippen LogP) is 2.53. The second kappa shape index (κ2) is 8.08. The molecule has 0 unspecified atom stereocenters. The van der Waals surface area contributed by atoms with Crippen LogP contribution in [0.15, 0.2) is 47.4 Å². The summed E-state index contributed by atoms with van der Waals surface area (Å²) in [5, 5.41) is 5.86. The maximum absolute atomic E-state index is 12.4.